The molecular weight excluding hydrogens is 402 g/mol. The number of carbonyl (C=O) groups excluding carboxylic acids is 1. The van der Waals surface area contributed by atoms with E-state index in [9.17, 15) is 9.59 Å². The number of allylic oxidation sites excluding steroid dienone is 1. The molecule has 32 heavy (non-hydrogen) atoms. The Labute approximate surface area is 188 Å². The molecule has 0 fully saturated rings. The summed E-state index contributed by atoms with van der Waals surface area (Å²) in [5, 5.41) is 12.8. The number of rotatable bonds is 6. The highest BCUT2D eigenvalue weighted by Gasteiger charge is 2.23. The number of benzene rings is 1. The maximum absolute atomic E-state index is 13.2. The normalized spacial score (nSPS) is 14.9. The molecule has 0 aliphatic heterocycles. The molecule has 0 radical (unpaired) electrons. The lowest BCUT2D eigenvalue weighted by molar-refractivity contribution is -0.124. The number of hydrogen-bond donors (Lipinski definition) is 1. The fraction of sp³-hybridized carbons (Fsp3) is 0.440. The van der Waals surface area contributed by atoms with Gasteiger partial charge in [-0.2, -0.15) is 10.2 Å². The summed E-state index contributed by atoms with van der Waals surface area (Å²) in [4.78, 5) is 26.0. The van der Waals surface area contributed by atoms with Gasteiger partial charge >= 0.3 is 0 Å². The third kappa shape index (κ3) is 4.24. The first-order chi connectivity index (χ1) is 15.4. The second-order valence-corrected chi connectivity index (χ2v) is 8.72. The molecule has 1 aliphatic rings. The van der Waals surface area contributed by atoms with Crippen molar-refractivity contribution in [3.63, 3.8) is 0 Å². The molecule has 1 aliphatic carbocycles. The van der Waals surface area contributed by atoms with Gasteiger partial charge in [0.2, 0.25) is 5.91 Å². The second-order valence-electron chi connectivity index (χ2n) is 8.72. The van der Waals surface area contributed by atoms with Gasteiger partial charge in [0.1, 0.15) is 6.04 Å². The van der Waals surface area contributed by atoms with Crippen LogP contribution in [0.1, 0.15) is 62.0 Å². The van der Waals surface area contributed by atoms with Gasteiger partial charge < -0.3 is 5.32 Å². The molecule has 1 atom stereocenters. The SMILES string of the molecule is Cc1ccc(-n2nc3c(=O)n([C@H](C)C(=O)NCCC4=CCCCC4)nc(C)c3c2C)cc1. The van der Waals surface area contributed by atoms with E-state index >= 15 is 0 Å². The predicted octanol–water partition coefficient (Wildman–Crippen LogP) is 4.08. The Bertz CT molecular complexity index is 1230. The highest BCUT2D eigenvalue weighted by Crippen LogP contribution is 2.22. The lowest BCUT2D eigenvalue weighted by Gasteiger charge is -2.16. The zero-order valence-corrected chi connectivity index (χ0v) is 19.3. The van der Waals surface area contributed by atoms with Crippen LogP contribution in [0.5, 0.6) is 0 Å². The summed E-state index contributed by atoms with van der Waals surface area (Å²) >= 11 is 0. The molecule has 0 spiro atoms. The zero-order chi connectivity index (χ0) is 22.8. The smallest absolute Gasteiger partial charge is 0.295 e. The third-order valence-corrected chi connectivity index (χ3v) is 6.30. The fourth-order valence-electron chi connectivity index (χ4n) is 4.39. The first-order valence-electron chi connectivity index (χ1n) is 11.4. The van der Waals surface area contributed by atoms with Crippen LogP contribution < -0.4 is 10.9 Å². The number of fused-ring (bicyclic) bond motifs is 1. The molecule has 0 bridgehead atoms. The summed E-state index contributed by atoms with van der Waals surface area (Å²) in [5.74, 6) is -0.204. The number of aryl methyl sites for hydroxylation is 3. The number of carbonyl (C=O) groups is 1. The molecule has 2 aromatic heterocycles. The van der Waals surface area contributed by atoms with Crippen LogP contribution >= 0.6 is 0 Å². The van der Waals surface area contributed by atoms with Gasteiger partial charge in [-0.1, -0.05) is 29.3 Å². The minimum absolute atomic E-state index is 0.204. The lowest BCUT2D eigenvalue weighted by Crippen LogP contribution is -2.38. The van der Waals surface area contributed by atoms with Gasteiger partial charge in [-0.15, -0.1) is 0 Å². The quantitative estimate of drug-likeness (QED) is 0.594. The minimum Gasteiger partial charge on any atom is -0.354 e. The van der Waals surface area contributed by atoms with Crippen LogP contribution in [-0.4, -0.2) is 32.0 Å². The summed E-state index contributed by atoms with van der Waals surface area (Å²) in [5.41, 5.74) is 4.98. The van der Waals surface area contributed by atoms with Crippen molar-refractivity contribution < 1.29 is 4.79 Å². The molecule has 4 rings (SSSR count). The molecule has 168 valence electrons. The Kier molecular flexibility index (Phi) is 6.26. The Balaban J connectivity index is 1.59. The van der Waals surface area contributed by atoms with Crippen LogP contribution in [0.4, 0.5) is 0 Å². The van der Waals surface area contributed by atoms with E-state index in [2.05, 4.69) is 21.6 Å². The molecular formula is C25H31N5O2. The van der Waals surface area contributed by atoms with Crippen molar-refractivity contribution in [3.8, 4) is 5.69 Å². The van der Waals surface area contributed by atoms with E-state index in [0.29, 0.717) is 17.8 Å². The summed E-state index contributed by atoms with van der Waals surface area (Å²) in [6, 6.07) is 7.28. The molecule has 1 amide bonds. The van der Waals surface area contributed by atoms with E-state index < -0.39 is 6.04 Å². The maximum Gasteiger partial charge on any atom is 0.295 e. The molecule has 0 saturated carbocycles. The van der Waals surface area contributed by atoms with Gasteiger partial charge in [-0.25, -0.2) is 9.36 Å². The molecule has 2 heterocycles. The van der Waals surface area contributed by atoms with Crippen LogP contribution in [0.2, 0.25) is 0 Å². The van der Waals surface area contributed by atoms with Crippen molar-refractivity contribution >= 4 is 16.8 Å². The van der Waals surface area contributed by atoms with E-state index in [-0.39, 0.29) is 11.5 Å². The molecule has 3 aromatic rings. The topological polar surface area (TPSA) is 81.8 Å². The van der Waals surface area contributed by atoms with E-state index in [0.717, 1.165) is 41.6 Å². The Hall–Kier alpha value is -3.22. The number of aromatic nitrogens is 4. The minimum atomic E-state index is -0.712. The van der Waals surface area contributed by atoms with Crippen molar-refractivity contribution in [1.29, 1.82) is 0 Å². The van der Waals surface area contributed by atoms with Crippen molar-refractivity contribution in [2.75, 3.05) is 6.54 Å². The summed E-state index contributed by atoms with van der Waals surface area (Å²) in [6.07, 6.45) is 7.87. The van der Waals surface area contributed by atoms with Gasteiger partial charge in [0, 0.05) is 6.54 Å². The number of nitrogens with zero attached hydrogens (tertiary/aromatic N) is 4. The van der Waals surface area contributed by atoms with Crippen molar-refractivity contribution in [1.82, 2.24) is 24.9 Å². The summed E-state index contributed by atoms with van der Waals surface area (Å²) in [6.45, 7) is 8.10. The number of amides is 1. The van der Waals surface area contributed by atoms with Crippen LogP contribution in [0.3, 0.4) is 0 Å². The Morgan fingerprint density at radius 3 is 2.56 bits per heavy atom. The van der Waals surface area contributed by atoms with Crippen LogP contribution in [0, 0.1) is 20.8 Å². The van der Waals surface area contributed by atoms with Crippen LogP contribution in [-0.2, 0) is 4.79 Å². The first kappa shape index (κ1) is 22.0. The van der Waals surface area contributed by atoms with Gasteiger partial charge in [-0.05, 0) is 71.9 Å². The average molecular weight is 434 g/mol. The maximum atomic E-state index is 13.2. The molecule has 0 saturated heterocycles. The van der Waals surface area contributed by atoms with Gasteiger partial charge in [-0.3, -0.25) is 9.59 Å². The molecule has 0 unspecified atom stereocenters. The van der Waals surface area contributed by atoms with E-state index in [1.165, 1.54) is 23.1 Å². The largest absolute Gasteiger partial charge is 0.354 e. The van der Waals surface area contributed by atoms with Gasteiger partial charge in [0.15, 0.2) is 5.52 Å². The number of nitrogens with one attached hydrogen (secondary N) is 1. The van der Waals surface area contributed by atoms with E-state index in [1.54, 1.807) is 11.6 Å². The first-order valence-corrected chi connectivity index (χ1v) is 11.4. The Morgan fingerprint density at radius 1 is 1.12 bits per heavy atom. The highest BCUT2D eigenvalue weighted by atomic mass is 16.2. The number of hydrogen-bond acceptors (Lipinski definition) is 4. The standard InChI is InChI=1S/C25H31N5O2/c1-16-10-12-21(13-11-16)29-18(3)22-17(2)27-30(25(32)23(22)28-29)19(4)24(31)26-15-14-20-8-6-5-7-9-20/h8,10-13,19H,5-7,9,14-15H2,1-4H3,(H,26,31)/t19-/m1/s1. The van der Waals surface area contributed by atoms with Crippen LogP contribution in [0.15, 0.2) is 40.7 Å². The average Bonchev–Trinajstić information content (AvgIpc) is 3.15. The molecule has 1 N–H and O–H groups in total. The van der Waals surface area contributed by atoms with E-state index in [4.69, 9.17) is 0 Å². The second kappa shape index (κ2) is 9.10. The summed E-state index contributed by atoms with van der Waals surface area (Å²) < 4.78 is 3.03. The lowest BCUT2D eigenvalue weighted by atomic mass is 9.97. The summed E-state index contributed by atoms with van der Waals surface area (Å²) in [7, 11) is 0. The molecule has 7 heteroatoms. The van der Waals surface area contributed by atoms with Crippen molar-refractivity contribution in [2.24, 2.45) is 0 Å². The van der Waals surface area contributed by atoms with Gasteiger partial charge in [0.05, 0.1) is 22.5 Å². The molecule has 1 aromatic carbocycles. The van der Waals surface area contributed by atoms with E-state index in [1.807, 2.05) is 45.0 Å². The highest BCUT2D eigenvalue weighted by molar-refractivity contribution is 5.84. The Morgan fingerprint density at radius 2 is 1.88 bits per heavy atom. The fourth-order valence-corrected chi connectivity index (χ4v) is 4.39. The van der Waals surface area contributed by atoms with Crippen LogP contribution in [0.25, 0.3) is 16.6 Å². The predicted molar refractivity (Wildman–Crippen MR) is 126 cm³/mol. The zero-order valence-electron chi connectivity index (χ0n) is 19.3. The monoisotopic (exact) mass is 433 g/mol. The third-order valence-electron chi connectivity index (χ3n) is 6.30. The van der Waals surface area contributed by atoms with Crippen molar-refractivity contribution in [3.05, 3.63) is 63.2 Å². The van der Waals surface area contributed by atoms with Crippen molar-refractivity contribution in [2.45, 2.75) is 65.8 Å². The molecule has 7 nitrogen and oxygen atoms in total. The van der Waals surface area contributed by atoms with Gasteiger partial charge in [0.25, 0.3) is 5.56 Å².